The summed E-state index contributed by atoms with van der Waals surface area (Å²) in [6, 6.07) is 0.483. The van der Waals surface area contributed by atoms with Crippen LogP contribution in [0.1, 0.15) is 6.42 Å². The first kappa shape index (κ1) is 19.2. The second-order valence-corrected chi connectivity index (χ2v) is 6.88. The van der Waals surface area contributed by atoms with Crippen molar-refractivity contribution in [2.45, 2.75) is 12.5 Å². The predicted molar refractivity (Wildman–Crippen MR) is 98.4 cm³/mol. The molecular weight excluding hydrogens is 320 g/mol. The molecule has 8 nitrogen and oxygen atoms in total. The average molecular weight is 350 g/mol. The molecule has 0 aromatic heterocycles. The summed E-state index contributed by atoms with van der Waals surface area (Å²) in [4.78, 5) is 35.8. The Morgan fingerprint density at radius 3 is 2.36 bits per heavy atom. The number of aliphatic imine (C=N–C) groups is 1. The zero-order valence-electron chi connectivity index (χ0n) is 15.7. The van der Waals surface area contributed by atoms with Gasteiger partial charge in [0.15, 0.2) is 5.96 Å². The lowest BCUT2D eigenvalue weighted by Crippen LogP contribution is -2.46. The van der Waals surface area contributed by atoms with Crippen molar-refractivity contribution in [1.82, 2.24) is 24.9 Å². The topological polar surface area (TPSA) is 71.5 Å². The number of hydrogen-bond acceptors (Lipinski definition) is 4. The molecule has 2 amide bonds. The van der Waals surface area contributed by atoms with Crippen molar-refractivity contribution in [3.05, 3.63) is 12.2 Å². The minimum Gasteiger partial charge on any atom is -0.347 e. The second-order valence-electron chi connectivity index (χ2n) is 6.88. The minimum absolute atomic E-state index is 0.0221. The number of rotatable bonds is 5. The number of likely N-dealkylation sites (N-methyl/N-ethyl adjacent to an activating group) is 2. The van der Waals surface area contributed by atoms with Crippen LogP contribution in [0.4, 0.5) is 0 Å². The van der Waals surface area contributed by atoms with Crippen LogP contribution in [0.2, 0.25) is 0 Å². The van der Waals surface area contributed by atoms with Crippen LogP contribution < -0.4 is 5.32 Å². The van der Waals surface area contributed by atoms with Crippen molar-refractivity contribution in [1.29, 1.82) is 0 Å². The molecule has 2 rings (SSSR count). The van der Waals surface area contributed by atoms with Gasteiger partial charge in [-0.2, -0.15) is 0 Å². The van der Waals surface area contributed by atoms with E-state index in [1.54, 1.807) is 28.2 Å². The van der Waals surface area contributed by atoms with Gasteiger partial charge in [0.25, 0.3) is 0 Å². The molecule has 0 bridgehead atoms. The molecular formula is C17H30N6O2. The highest BCUT2D eigenvalue weighted by Gasteiger charge is 2.30. The van der Waals surface area contributed by atoms with E-state index < -0.39 is 0 Å². The van der Waals surface area contributed by atoms with E-state index in [-0.39, 0.29) is 24.9 Å². The second kappa shape index (κ2) is 8.84. The lowest BCUT2D eigenvalue weighted by Gasteiger charge is -2.26. The maximum absolute atomic E-state index is 11.9. The number of carbonyl (C=O) groups excluding carboxylic acids is 2. The molecule has 2 heterocycles. The zero-order valence-corrected chi connectivity index (χ0v) is 15.7. The Hall–Kier alpha value is -2.09. The van der Waals surface area contributed by atoms with E-state index in [9.17, 15) is 9.59 Å². The van der Waals surface area contributed by atoms with E-state index in [4.69, 9.17) is 0 Å². The van der Waals surface area contributed by atoms with Crippen molar-refractivity contribution in [3.8, 4) is 0 Å². The number of hydrogen-bond donors (Lipinski definition) is 1. The fraction of sp³-hybridized carbons (Fsp3) is 0.706. The Morgan fingerprint density at radius 2 is 1.76 bits per heavy atom. The molecule has 8 heteroatoms. The monoisotopic (exact) mass is 350 g/mol. The Morgan fingerprint density at radius 1 is 1.12 bits per heavy atom. The molecule has 0 saturated carbocycles. The van der Waals surface area contributed by atoms with Crippen molar-refractivity contribution >= 4 is 17.8 Å². The smallest absolute Gasteiger partial charge is 0.243 e. The van der Waals surface area contributed by atoms with Crippen molar-refractivity contribution < 1.29 is 9.59 Å². The van der Waals surface area contributed by atoms with Crippen LogP contribution in [0.3, 0.4) is 0 Å². The normalized spacial score (nSPS) is 20.9. The molecule has 1 unspecified atom stereocenters. The van der Waals surface area contributed by atoms with Gasteiger partial charge in [-0.25, -0.2) is 4.99 Å². The summed E-state index contributed by atoms with van der Waals surface area (Å²) in [6.45, 7) is 3.98. The number of nitrogens with one attached hydrogen (secondary N) is 1. The molecule has 1 saturated heterocycles. The summed E-state index contributed by atoms with van der Waals surface area (Å²) in [5.41, 5.74) is 0. The number of likely N-dealkylation sites (tertiary alicyclic amines) is 1. The van der Waals surface area contributed by atoms with Crippen molar-refractivity contribution in [2.75, 3.05) is 67.5 Å². The van der Waals surface area contributed by atoms with Crippen molar-refractivity contribution in [3.63, 3.8) is 0 Å². The molecule has 25 heavy (non-hydrogen) atoms. The van der Waals surface area contributed by atoms with Gasteiger partial charge in [-0.15, -0.1) is 0 Å². The van der Waals surface area contributed by atoms with Gasteiger partial charge in [-0.3, -0.25) is 14.5 Å². The highest BCUT2D eigenvalue weighted by molar-refractivity contribution is 5.88. The van der Waals surface area contributed by atoms with E-state index in [1.165, 1.54) is 9.80 Å². The van der Waals surface area contributed by atoms with Gasteiger partial charge in [0, 0.05) is 60.4 Å². The highest BCUT2D eigenvalue weighted by Crippen LogP contribution is 2.17. The molecule has 1 atom stereocenters. The predicted octanol–water partition coefficient (Wildman–Crippen LogP) is -0.945. The van der Waals surface area contributed by atoms with E-state index in [2.05, 4.69) is 32.3 Å². The van der Waals surface area contributed by atoms with Crippen LogP contribution in [-0.4, -0.2) is 111 Å². The van der Waals surface area contributed by atoms with E-state index in [1.807, 2.05) is 0 Å². The van der Waals surface area contributed by atoms with Gasteiger partial charge in [0.05, 0.1) is 6.54 Å². The van der Waals surface area contributed by atoms with E-state index in [0.717, 1.165) is 32.6 Å². The maximum atomic E-state index is 11.9. The third-order valence-corrected chi connectivity index (χ3v) is 4.59. The molecule has 0 aromatic carbocycles. The highest BCUT2D eigenvalue weighted by atomic mass is 16.2. The summed E-state index contributed by atoms with van der Waals surface area (Å²) < 4.78 is 0. The first-order valence-electron chi connectivity index (χ1n) is 8.71. The fourth-order valence-corrected chi connectivity index (χ4v) is 2.89. The minimum atomic E-state index is -0.0577. The standard InChI is InChI=1S/C17H30N6O2/c1-20(2)15(24)11-18-17(19-12-16(25)21(3)4)23-10-7-14(13-23)22-8-5-6-9-22/h5-6,14H,7-13H2,1-4H3,(H,18,19). The average Bonchev–Trinajstić information content (AvgIpc) is 3.25. The molecule has 2 aliphatic rings. The van der Waals surface area contributed by atoms with Gasteiger partial charge in [-0.05, 0) is 6.42 Å². The summed E-state index contributed by atoms with van der Waals surface area (Å²) in [5, 5.41) is 3.13. The van der Waals surface area contributed by atoms with Crippen LogP contribution in [-0.2, 0) is 9.59 Å². The SMILES string of the molecule is CN(C)C(=O)CN=C(NCC(=O)N(C)C)N1CCC(N2CC=CC2)C1. The van der Waals surface area contributed by atoms with Gasteiger partial charge in [0.1, 0.15) is 6.54 Å². The molecule has 1 N–H and O–H groups in total. The lowest BCUT2D eigenvalue weighted by atomic mass is 10.2. The molecule has 0 spiro atoms. The largest absolute Gasteiger partial charge is 0.347 e. The fourth-order valence-electron chi connectivity index (χ4n) is 2.89. The van der Waals surface area contributed by atoms with Crippen LogP contribution in [0, 0.1) is 0 Å². The Kier molecular flexibility index (Phi) is 6.81. The van der Waals surface area contributed by atoms with Gasteiger partial charge < -0.3 is 20.0 Å². The summed E-state index contributed by atoms with van der Waals surface area (Å²) >= 11 is 0. The van der Waals surface area contributed by atoms with Gasteiger partial charge in [-0.1, -0.05) is 12.2 Å². The maximum Gasteiger partial charge on any atom is 0.243 e. The molecule has 0 aliphatic carbocycles. The molecule has 0 aromatic rings. The van der Waals surface area contributed by atoms with Crippen LogP contribution >= 0.6 is 0 Å². The van der Waals surface area contributed by atoms with Crippen LogP contribution in [0.15, 0.2) is 17.1 Å². The molecule has 0 radical (unpaired) electrons. The van der Waals surface area contributed by atoms with E-state index in [0.29, 0.717) is 12.0 Å². The Labute approximate surface area is 150 Å². The number of amides is 2. The number of carbonyl (C=O) groups is 2. The molecule has 140 valence electrons. The quantitative estimate of drug-likeness (QED) is 0.393. The van der Waals surface area contributed by atoms with Gasteiger partial charge >= 0.3 is 0 Å². The van der Waals surface area contributed by atoms with Crippen LogP contribution in [0.25, 0.3) is 0 Å². The Bertz CT molecular complexity index is 535. The zero-order chi connectivity index (χ0) is 18.4. The number of guanidine groups is 1. The lowest BCUT2D eigenvalue weighted by molar-refractivity contribution is -0.127. The summed E-state index contributed by atoms with van der Waals surface area (Å²) in [6.07, 6.45) is 5.45. The van der Waals surface area contributed by atoms with Crippen molar-refractivity contribution in [2.24, 2.45) is 4.99 Å². The molecule has 1 fully saturated rings. The first-order valence-corrected chi connectivity index (χ1v) is 8.71. The van der Waals surface area contributed by atoms with Gasteiger partial charge in [0.2, 0.25) is 11.8 Å². The third kappa shape index (κ3) is 5.45. The first-order chi connectivity index (χ1) is 11.9. The molecule has 2 aliphatic heterocycles. The summed E-state index contributed by atoms with van der Waals surface area (Å²) in [7, 11) is 6.88. The number of nitrogens with zero attached hydrogens (tertiary/aromatic N) is 5. The third-order valence-electron chi connectivity index (χ3n) is 4.59. The van der Waals surface area contributed by atoms with Crippen LogP contribution in [0.5, 0.6) is 0 Å². The van der Waals surface area contributed by atoms with E-state index >= 15 is 0 Å². The Balaban J connectivity index is 1.99. The summed E-state index contributed by atoms with van der Waals surface area (Å²) in [5.74, 6) is 0.559.